The lowest BCUT2D eigenvalue weighted by molar-refractivity contribution is -0.150. The van der Waals surface area contributed by atoms with Gasteiger partial charge in [0.25, 0.3) is 0 Å². The molecule has 0 radical (unpaired) electrons. The van der Waals surface area contributed by atoms with Gasteiger partial charge in [-0.1, -0.05) is 39.8 Å². The molecule has 3 aliphatic rings. The molecule has 2 saturated carbocycles. The molecular formula is C20H32O3. The van der Waals surface area contributed by atoms with Gasteiger partial charge in [0.05, 0.1) is 17.8 Å². The maximum atomic E-state index is 11.6. The van der Waals surface area contributed by atoms with Crippen LogP contribution in [0.25, 0.3) is 0 Å². The molecule has 0 saturated heterocycles. The molecule has 3 heteroatoms. The molecule has 0 aromatic heterocycles. The van der Waals surface area contributed by atoms with Crippen LogP contribution in [0.4, 0.5) is 0 Å². The number of fused-ring (bicyclic) bond motifs is 2. The molecule has 0 unspecified atom stereocenters. The van der Waals surface area contributed by atoms with Gasteiger partial charge in [0.2, 0.25) is 0 Å². The van der Waals surface area contributed by atoms with E-state index in [1.54, 1.807) is 0 Å². The van der Waals surface area contributed by atoms with Crippen molar-refractivity contribution in [2.75, 3.05) is 0 Å². The van der Waals surface area contributed by atoms with Crippen molar-refractivity contribution in [2.45, 2.75) is 84.0 Å². The molecule has 0 bridgehead atoms. The summed E-state index contributed by atoms with van der Waals surface area (Å²) in [6, 6.07) is 0. The van der Waals surface area contributed by atoms with Crippen LogP contribution in [0.2, 0.25) is 0 Å². The van der Waals surface area contributed by atoms with Crippen LogP contribution in [-0.2, 0) is 0 Å². The molecule has 130 valence electrons. The Labute approximate surface area is 140 Å². The minimum Gasteiger partial charge on any atom is -0.392 e. The van der Waals surface area contributed by atoms with Crippen molar-refractivity contribution in [1.29, 1.82) is 0 Å². The Balaban J connectivity index is 2.16. The van der Waals surface area contributed by atoms with E-state index in [4.69, 9.17) is 0 Å². The second-order valence-electron chi connectivity index (χ2n) is 8.99. The van der Waals surface area contributed by atoms with Crippen molar-refractivity contribution in [3.05, 3.63) is 23.3 Å². The molecule has 5 atom stereocenters. The zero-order chi connectivity index (χ0) is 17.2. The van der Waals surface area contributed by atoms with Crippen molar-refractivity contribution in [3.63, 3.8) is 0 Å². The van der Waals surface area contributed by atoms with Crippen LogP contribution in [0.1, 0.15) is 66.2 Å². The van der Waals surface area contributed by atoms with E-state index in [2.05, 4.69) is 27.4 Å². The van der Waals surface area contributed by atoms with Crippen LogP contribution in [0.5, 0.6) is 0 Å². The van der Waals surface area contributed by atoms with Gasteiger partial charge in [-0.2, -0.15) is 0 Å². The highest BCUT2D eigenvalue weighted by Crippen LogP contribution is 2.62. The first kappa shape index (κ1) is 17.2. The number of aliphatic hydroxyl groups excluding tert-OH is 2. The predicted octanol–water partition coefficient (Wildman–Crippen LogP) is 3.34. The lowest BCUT2D eigenvalue weighted by atomic mass is 9.56. The minimum absolute atomic E-state index is 0.203. The summed E-state index contributed by atoms with van der Waals surface area (Å²) in [4.78, 5) is 0. The van der Waals surface area contributed by atoms with Crippen molar-refractivity contribution in [1.82, 2.24) is 0 Å². The molecule has 0 heterocycles. The highest BCUT2D eigenvalue weighted by Gasteiger charge is 2.62. The van der Waals surface area contributed by atoms with Crippen molar-refractivity contribution < 1.29 is 15.3 Å². The van der Waals surface area contributed by atoms with Gasteiger partial charge in [-0.3, -0.25) is 0 Å². The summed E-state index contributed by atoms with van der Waals surface area (Å²) in [5.41, 5.74) is 1.28. The van der Waals surface area contributed by atoms with E-state index in [-0.39, 0.29) is 5.41 Å². The number of hydrogen-bond donors (Lipinski definition) is 3. The first-order valence-electron chi connectivity index (χ1n) is 9.05. The first-order valence-corrected chi connectivity index (χ1v) is 9.05. The van der Waals surface area contributed by atoms with E-state index in [1.165, 1.54) is 5.57 Å². The summed E-state index contributed by atoms with van der Waals surface area (Å²) in [5, 5.41) is 33.4. The van der Waals surface area contributed by atoms with Crippen molar-refractivity contribution in [2.24, 2.45) is 16.7 Å². The Kier molecular flexibility index (Phi) is 3.87. The number of rotatable bonds is 1. The van der Waals surface area contributed by atoms with Gasteiger partial charge in [0.15, 0.2) is 0 Å². The molecular weight excluding hydrogens is 288 g/mol. The summed E-state index contributed by atoms with van der Waals surface area (Å²) < 4.78 is 0. The quantitative estimate of drug-likeness (QED) is 0.649. The third-order valence-electron chi connectivity index (χ3n) is 7.22. The topological polar surface area (TPSA) is 60.7 Å². The maximum absolute atomic E-state index is 11.6. The first-order chi connectivity index (χ1) is 10.5. The Hall–Kier alpha value is -0.640. The zero-order valence-corrected chi connectivity index (χ0v) is 15.0. The largest absolute Gasteiger partial charge is 0.392 e. The second kappa shape index (κ2) is 5.18. The third-order valence-corrected chi connectivity index (χ3v) is 7.22. The standard InChI is InChI=1S/C20H32O3/c1-12(2)14-8-9-18(4)11-20(23)13(3)6-7-16(22)19(20,5)10-15(21)17(14)18/h12,15-16,21-23H,3,6-11H2,1-2,4-5H3/t15-,16-,18-,19-,20+/m0/s1. The van der Waals surface area contributed by atoms with Crippen molar-refractivity contribution in [3.8, 4) is 0 Å². The number of aliphatic hydroxyl groups is 3. The fourth-order valence-electron chi connectivity index (χ4n) is 5.68. The Morgan fingerprint density at radius 1 is 1.17 bits per heavy atom. The summed E-state index contributed by atoms with van der Waals surface area (Å²) >= 11 is 0. The smallest absolute Gasteiger partial charge is 0.0941 e. The summed E-state index contributed by atoms with van der Waals surface area (Å²) in [6.07, 6.45) is 3.04. The van der Waals surface area contributed by atoms with Gasteiger partial charge in [-0.15, -0.1) is 0 Å². The highest BCUT2D eigenvalue weighted by atomic mass is 16.3. The number of hydrogen-bond acceptors (Lipinski definition) is 3. The molecule has 2 fully saturated rings. The van der Waals surface area contributed by atoms with Crippen molar-refractivity contribution >= 4 is 0 Å². The molecule has 3 nitrogen and oxygen atoms in total. The van der Waals surface area contributed by atoms with Crippen LogP contribution >= 0.6 is 0 Å². The molecule has 23 heavy (non-hydrogen) atoms. The molecule has 0 amide bonds. The Morgan fingerprint density at radius 3 is 2.43 bits per heavy atom. The van der Waals surface area contributed by atoms with Crippen LogP contribution in [0.15, 0.2) is 23.3 Å². The average Bonchev–Trinajstić information content (AvgIpc) is 2.76. The van der Waals surface area contributed by atoms with Gasteiger partial charge in [-0.25, -0.2) is 0 Å². The van der Waals surface area contributed by atoms with Gasteiger partial charge in [0.1, 0.15) is 0 Å². The lowest BCUT2D eigenvalue weighted by Crippen LogP contribution is -2.58. The lowest BCUT2D eigenvalue weighted by Gasteiger charge is -2.53. The minimum atomic E-state index is -1.10. The van der Waals surface area contributed by atoms with E-state index in [1.807, 2.05) is 6.92 Å². The van der Waals surface area contributed by atoms with E-state index in [0.29, 0.717) is 31.6 Å². The normalized spacial score (nSPS) is 47.6. The van der Waals surface area contributed by atoms with E-state index in [9.17, 15) is 15.3 Å². The summed E-state index contributed by atoms with van der Waals surface area (Å²) in [7, 11) is 0. The van der Waals surface area contributed by atoms with Gasteiger partial charge < -0.3 is 15.3 Å². The highest BCUT2D eigenvalue weighted by molar-refractivity contribution is 5.38. The van der Waals surface area contributed by atoms with E-state index >= 15 is 0 Å². The predicted molar refractivity (Wildman–Crippen MR) is 91.9 cm³/mol. The van der Waals surface area contributed by atoms with Crippen LogP contribution in [0, 0.1) is 16.7 Å². The molecule has 3 rings (SSSR count). The molecule has 0 aliphatic heterocycles. The molecule has 0 aromatic carbocycles. The third kappa shape index (κ3) is 2.20. The van der Waals surface area contributed by atoms with Gasteiger partial charge in [-0.05, 0) is 61.0 Å². The second-order valence-corrected chi connectivity index (χ2v) is 8.99. The molecule has 0 spiro atoms. The average molecular weight is 320 g/mol. The molecule has 3 aliphatic carbocycles. The van der Waals surface area contributed by atoms with Crippen LogP contribution in [0.3, 0.4) is 0 Å². The Morgan fingerprint density at radius 2 is 1.83 bits per heavy atom. The van der Waals surface area contributed by atoms with Crippen LogP contribution < -0.4 is 0 Å². The van der Waals surface area contributed by atoms with E-state index < -0.39 is 23.2 Å². The van der Waals surface area contributed by atoms with Gasteiger partial charge in [0, 0.05) is 5.41 Å². The van der Waals surface area contributed by atoms with Gasteiger partial charge >= 0.3 is 0 Å². The fraction of sp³-hybridized carbons (Fsp3) is 0.800. The van der Waals surface area contributed by atoms with E-state index in [0.717, 1.165) is 24.0 Å². The monoisotopic (exact) mass is 320 g/mol. The summed E-state index contributed by atoms with van der Waals surface area (Å²) in [6.45, 7) is 12.6. The fourth-order valence-corrected chi connectivity index (χ4v) is 5.68. The zero-order valence-electron chi connectivity index (χ0n) is 15.0. The molecule has 3 N–H and O–H groups in total. The maximum Gasteiger partial charge on any atom is 0.0941 e. The SMILES string of the molecule is C=C1CC[C@H](O)[C@]2(C)C[C@H](O)C3=C(C(C)C)CC[C@@]3(C)C[C@@]12O. The Bertz CT molecular complexity index is 563. The van der Waals surface area contributed by atoms with Crippen LogP contribution in [-0.4, -0.2) is 33.1 Å². The molecule has 0 aromatic rings. The number of allylic oxidation sites excluding steroid dienone is 1. The summed E-state index contributed by atoms with van der Waals surface area (Å²) in [5.74, 6) is 0.414.